The number of hydrogen-bond donors (Lipinski definition) is 3. The van der Waals surface area contributed by atoms with Crippen LogP contribution in [-0.4, -0.2) is 54.3 Å². The lowest BCUT2D eigenvalue weighted by molar-refractivity contribution is -0.129. The Labute approximate surface area is 249 Å². The zero-order valence-corrected chi connectivity index (χ0v) is 24.5. The number of sulfone groups is 1. The molecule has 1 unspecified atom stereocenters. The molecule has 1 atom stereocenters. The topological polar surface area (TPSA) is 142 Å². The van der Waals surface area contributed by atoms with Crippen LogP contribution >= 0.6 is 34.5 Å². The van der Waals surface area contributed by atoms with Gasteiger partial charge in [-0.3, -0.25) is 10.0 Å². The second-order valence-electron chi connectivity index (χ2n) is 9.42. The molecule has 14 heteroatoms. The highest BCUT2D eigenvalue weighted by molar-refractivity contribution is 7.92. The first-order chi connectivity index (χ1) is 19.6. The Balaban J connectivity index is 1.44. The number of hydrogen-bond acceptors (Lipinski definition) is 8. The fourth-order valence-electron chi connectivity index (χ4n) is 4.76. The molecular formula is C27H24Cl2N4O6S2. The summed E-state index contributed by atoms with van der Waals surface area (Å²) in [5.74, 6) is -0.613. The quantitative estimate of drug-likeness (QED) is 0.179. The van der Waals surface area contributed by atoms with Gasteiger partial charge in [0.1, 0.15) is 4.75 Å². The lowest BCUT2D eigenvalue weighted by Gasteiger charge is -2.30. The maximum Gasteiger partial charge on any atom is 0.321 e. The number of benzene rings is 2. The molecule has 1 aliphatic heterocycles. The average molecular weight is 636 g/mol. The van der Waals surface area contributed by atoms with Crippen molar-refractivity contribution in [1.29, 1.82) is 0 Å². The van der Waals surface area contributed by atoms with E-state index in [-0.39, 0.29) is 30.3 Å². The van der Waals surface area contributed by atoms with Gasteiger partial charge in [0.2, 0.25) is 5.91 Å². The summed E-state index contributed by atoms with van der Waals surface area (Å²) in [6, 6.07) is 15.1. The van der Waals surface area contributed by atoms with Gasteiger partial charge in [-0.1, -0.05) is 47.5 Å². The summed E-state index contributed by atoms with van der Waals surface area (Å²) in [6.07, 6.45) is 2.38. The van der Waals surface area contributed by atoms with E-state index in [1.54, 1.807) is 35.9 Å². The summed E-state index contributed by atoms with van der Waals surface area (Å²) in [5, 5.41) is 12.6. The normalized spacial score (nSPS) is 18.5. The van der Waals surface area contributed by atoms with Crippen LogP contribution in [0.2, 0.25) is 10.0 Å². The first-order valence-corrected chi connectivity index (χ1v) is 15.6. The van der Waals surface area contributed by atoms with Gasteiger partial charge in [-0.15, -0.1) is 11.3 Å². The van der Waals surface area contributed by atoms with E-state index in [9.17, 15) is 23.2 Å². The van der Waals surface area contributed by atoms with Crippen LogP contribution in [0.5, 0.6) is 0 Å². The summed E-state index contributed by atoms with van der Waals surface area (Å²) < 4.78 is 31.4. The minimum absolute atomic E-state index is 0.0288. The maximum atomic E-state index is 13.9. The Morgan fingerprint density at radius 2 is 1.83 bits per heavy atom. The van der Waals surface area contributed by atoms with E-state index in [1.807, 2.05) is 24.3 Å². The predicted octanol–water partition coefficient (Wildman–Crippen LogP) is 5.82. The lowest BCUT2D eigenvalue weighted by Crippen LogP contribution is -2.41. The van der Waals surface area contributed by atoms with Crippen molar-refractivity contribution in [2.45, 2.75) is 17.6 Å². The molecule has 2 aromatic heterocycles. The molecule has 1 saturated heterocycles. The number of urea groups is 1. The van der Waals surface area contributed by atoms with Crippen molar-refractivity contribution in [3.8, 4) is 21.8 Å². The van der Waals surface area contributed by atoms with Gasteiger partial charge >= 0.3 is 6.03 Å². The highest BCUT2D eigenvalue weighted by atomic mass is 35.5. The number of anilines is 1. The molecule has 3 N–H and O–H groups in total. The van der Waals surface area contributed by atoms with Gasteiger partial charge in [-0.2, -0.15) is 0 Å². The molecule has 0 aliphatic carbocycles. The summed E-state index contributed by atoms with van der Waals surface area (Å²) >= 11 is 13.5. The Morgan fingerprint density at radius 3 is 2.54 bits per heavy atom. The first-order valence-electron chi connectivity index (χ1n) is 12.4. The molecule has 0 radical (unpaired) electrons. The smallest absolute Gasteiger partial charge is 0.321 e. The number of amides is 3. The summed E-state index contributed by atoms with van der Waals surface area (Å²) in [7, 11) is -3.99. The molecule has 0 bridgehead atoms. The van der Waals surface area contributed by atoms with E-state index in [2.05, 4.69) is 10.3 Å². The van der Waals surface area contributed by atoms with Gasteiger partial charge in [0.15, 0.2) is 22.0 Å². The number of oxazole rings is 1. The monoisotopic (exact) mass is 634 g/mol. The summed E-state index contributed by atoms with van der Waals surface area (Å²) in [6.45, 7) is -0.0722. The van der Waals surface area contributed by atoms with E-state index < -0.39 is 32.9 Å². The Kier molecular flexibility index (Phi) is 8.39. The largest absolute Gasteiger partial charge is 0.444 e. The maximum absolute atomic E-state index is 13.9. The third kappa shape index (κ3) is 5.97. The third-order valence-corrected chi connectivity index (χ3v) is 11.5. The molecule has 3 amide bonds. The second-order valence-corrected chi connectivity index (χ2v) is 13.8. The van der Waals surface area contributed by atoms with Crippen LogP contribution in [0, 0.1) is 0 Å². The molecule has 10 nitrogen and oxygen atoms in total. The van der Waals surface area contributed by atoms with Gasteiger partial charge < -0.3 is 14.6 Å². The van der Waals surface area contributed by atoms with Crippen molar-refractivity contribution < 1.29 is 27.6 Å². The van der Waals surface area contributed by atoms with Crippen molar-refractivity contribution in [2.75, 3.05) is 24.2 Å². The van der Waals surface area contributed by atoms with E-state index in [0.717, 1.165) is 16.0 Å². The number of hydroxylamine groups is 1. The summed E-state index contributed by atoms with van der Waals surface area (Å²) in [4.78, 5) is 32.1. The molecule has 214 valence electrons. The molecule has 3 heterocycles. The molecule has 0 spiro atoms. The lowest BCUT2D eigenvalue weighted by atomic mass is 9.97. The van der Waals surface area contributed by atoms with Gasteiger partial charge in [-0.05, 0) is 42.3 Å². The van der Waals surface area contributed by atoms with Crippen LogP contribution in [-0.2, 0) is 19.4 Å². The van der Waals surface area contributed by atoms with Crippen LogP contribution in [0.25, 0.3) is 21.8 Å². The fraction of sp³-hybridized carbons (Fsp3) is 0.222. The minimum Gasteiger partial charge on any atom is -0.444 e. The van der Waals surface area contributed by atoms with Crippen molar-refractivity contribution in [2.24, 2.45) is 0 Å². The van der Waals surface area contributed by atoms with Crippen molar-refractivity contribution >= 4 is 62.0 Å². The van der Waals surface area contributed by atoms with Crippen LogP contribution in [0.15, 0.2) is 71.6 Å². The minimum atomic E-state index is -3.99. The van der Waals surface area contributed by atoms with Crippen LogP contribution in [0.1, 0.15) is 17.7 Å². The SMILES string of the molecule is O=C(CC1(c2ccc(-c3ccc(-c4cnco4)cc3)s2)CCN(C(=O)Nc2cc(Cl)ccc2Cl)CCS1(=O)=O)NO. The molecule has 4 aromatic rings. The van der Waals surface area contributed by atoms with Crippen molar-refractivity contribution in [3.63, 3.8) is 0 Å². The molecule has 41 heavy (non-hydrogen) atoms. The zero-order valence-electron chi connectivity index (χ0n) is 21.3. The Hall–Kier alpha value is -3.42. The van der Waals surface area contributed by atoms with E-state index in [4.69, 9.17) is 27.6 Å². The van der Waals surface area contributed by atoms with Crippen LogP contribution in [0.4, 0.5) is 10.5 Å². The fourth-order valence-corrected chi connectivity index (χ4v) is 8.70. The van der Waals surface area contributed by atoms with Gasteiger partial charge in [-0.25, -0.2) is 23.7 Å². The van der Waals surface area contributed by atoms with E-state index in [1.165, 1.54) is 28.7 Å². The number of thiophene rings is 1. The second kappa shape index (κ2) is 11.8. The summed E-state index contributed by atoms with van der Waals surface area (Å²) in [5.41, 5.74) is 3.54. The van der Waals surface area contributed by atoms with E-state index >= 15 is 0 Å². The third-order valence-electron chi connectivity index (χ3n) is 6.98. The molecule has 0 saturated carbocycles. The molecule has 1 aliphatic rings. The van der Waals surface area contributed by atoms with Crippen LogP contribution in [0.3, 0.4) is 0 Å². The Bertz CT molecular complexity index is 1680. The van der Waals surface area contributed by atoms with Crippen molar-refractivity contribution in [3.05, 3.63) is 82.1 Å². The number of carbonyl (C=O) groups excluding carboxylic acids is 2. The highest BCUT2D eigenvalue weighted by Crippen LogP contribution is 2.45. The van der Waals surface area contributed by atoms with Gasteiger partial charge in [0.05, 0.1) is 29.1 Å². The molecule has 2 aromatic carbocycles. The van der Waals surface area contributed by atoms with Crippen molar-refractivity contribution in [1.82, 2.24) is 15.4 Å². The number of carbonyl (C=O) groups is 2. The number of nitrogens with zero attached hydrogens (tertiary/aromatic N) is 2. The molecule has 5 rings (SSSR count). The molecular weight excluding hydrogens is 611 g/mol. The van der Waals surface area contributed by atoms with Crippen LogP contribution < -0.4 is 10.8 Å². The predicted molar refractivity (Wildman–Crippen MR) is 157 cm³/mol. The van der Waals surface area contributed by atoms with Gasteiger partial charge in [0, 0.05) is 33.4 Å². The average Bonchev–Trinajstić information content (AvgIpc) is 3.65. The Morgan fingerprint density at radius 1 is 1.07 bits per heavy atom. The van der Waals surface area contributed by atoms with Gasteiger partial charge in [0.25, 0.3) is 0 Å². The number of aromatic nitrogens is 1. The van der Waals surface area contributed by atoms with E-state index in [0.29, 0.717) is 21.3 Å². The number of halogens is 2. The highest BCUT2D eigenvalue weighted by Gasteiger charge is 2.50. The molecule has 1 fully saturated rings. The first kappa shape index (κ1) is 29.1. The zero-order chi connectivity index (χ0) is 29.2. The standard InChI is InChI=1S/C27H24Cl2N4O6S2/c28-19-5-6-20(29)21(13-19)31-26(35)33-10-9-27(14-25(34)32-36,41(37,38)12-11-33)24-8-7-23(40-24)18-3-1-17(2-4-18)22-15-30-16-39-22/h1-8,13,15-16,36H,9-12,14H2,(H,31,35)(H,32,34). The number of nitrogens with one attached hydrogen (secondary N) is 2. The number of rotatable bonds is 6.